The number of furan rings is 1. The zero-order valence-corrected chi connectivity index (χ0v) is 11.1. The van der Waals surface area contributed by atoms with Crippen molar-refractivity contribution in [2.75, 3.05) is 0 Å². The first kappa shape index (κ1) is 11.9. The summed E-state index contributed by atoms with van der Waals surface area (Å²) in [5.74, 6) is -0.164. The molecule has 0 saturated carbocycles. The number of ketones is 2. The number of aromatic hydroxyl groups is 1. The van der Waals surface area contributed by atoms with Crippen molar-refractivity contribution in [2.45, 2.75) is 6.92 Å². The summed E-state index contributed by atoms with van der Waals surface area (Å²) in [4.78, 5) is 25.3. The molecule has 21 heavy (non-hydrogen) atoms. The van der Waals surface area contributed by atoms with E-state index in [0.29, 0.717) is 16.9 Å². The van der Waals surface area contributed by atoms with Crippen LogP contribution in [-0.2, 0) is 0 Å². The van der Waals surface area contributed by atoms with Crippen molar-refractivity contribution in [3.05, 3.63) is 64.4 Å². The predicted molar refractivity (Wildman–Crippen MR) is 75.9 cm³/mol. The van der Waals surface area contributed by atoms with Crippen LogP contribution < -0.4 is 0 Å². The molecule has 1 aliphatic carbocycles. The van der Waals surface area contributed by atoms with Crippen molar-refractivity contribution >= 4 is 22.5 Å². The number of aryl methyl sites for hydroxylation is 1. The second-order valence-corrected chi connectivity index (χ2v) is 5.12. The van der Waals surface area contributed by atoms with Crippen LogP contribution in [0.3, 0.4) is 0 Å². The molecular formula is C17H10O4. The molecule has 4 rings (SSSR count). The molecule has 1 heterocycles. The molecule has 0 fully saturated rings. The molecule has 0 aliphatic heterocycles. The molecule has 1 N–H and O–H groups in total. The third-order valence-electron chi connectivity index (χ3n) is 3.80. The Bertz CT molecular complexity index is 947. The average molecular weight is 278 g/mol. The molecule has 2 aromatic carbocycles. The van der Waals surface area contributed by atoms with Gasteiger partial charge in [0, 0.05) is 16.5 Å². The number of phenols is 1. The predicted octanol–water partition coefficient (Wildman–Crippen LogP) is 3.22. The van der Waals surface area contributed by atoms with E-state index in [9.17, 15) is 14.7 Å². The van der Waals surface area contributed by atoms with Crippen molar-refractivity contribution in [3.8, 4) is 5.75 Å². The normalized spacial score (nSPS) is 13.4. The number of fused-ring (bicyclic) bond motifs is 4. The molecule has 4 heteroatoms. The van der Waals surface area contributed by atoms with E-state index in [1.807, 2.05) is 6.07 Å². The summed E-state index contributed by atoms with van der Waals surface area (Å²) in [6.07, 6.45) is 0. The number of phenolic OH excluding ortho intramolecular Hbond substituents is 1. The first-order valence-corrected chi connectivity index (χ1v) is 6.52. The number of hydrogen-bond donors (Lipinski definition) is 1. The molecule has 1 aliphatic rings. The minimum Gasteiger partial charge on any atom is -0.507 e. The Morgan fingerprint density at radius 1 is 0.952 bits per heavy atom. The molecule has 0 spiro atoms. The van der Waals surface area contributed by atoms with Crippen molar-refractivity contribution in [2.24, 2.45) is 0 Å². The van der Waals surface area contributed by atoms with E-state index in [-0.39, 0.29) is 34.0 Å². The Balaban J connectivity index is 2.14. The summed E-state index contributed by atoms with van der Waals surface area (Å²) in [7, 11) is 0. The smallest absolute Gasteiger partial charge is 0.202 e. The Morgan fingerprint density at radius 3 is 2.52 bits per heavy atom. The van der Waals surface area contributed by atoms with E-state index in [0.717, 1.165) is 5.39 Å². The van der Waals surface area contributed by atoms with Gasteiger partial charge in [-0.3, -0.25) is 9.59 Å². The highest BCUT2D eigenvalue weighted by Gasteiger charge is 2.34. The number of rotatable bonds is 0. The molecule has 0 amide bonds. The third-order valence-corrected chi connectivity index (χ3v) is 3.80. The number of carbonyl (C=O) groups is 2. The Labute approximate surface area is 119 Å². The van der Waals surface area contributed by atoms with E-state index in [2.05, 4.69) is 0 Å². The summed E-state index contributed by atoms with van der Waals surface area (Å²) < 4.78 is 5.59. The second kappa shape index (κ2) is 3.82. The Morgan fingerprint density at radius 2 is 1.71 bits per heavy atom. The van der Waals surface area contributed by atoms with Gasteiger partial charge in [-0.1, -0.05) is 18.2 Å². The van der Waals surface area contributed by atoms with Crippen LogP contribution in [0.5, 0.6) is 5.75 Å². The summed E-state index contributed by atoms with van der Waals surface area (Å²) in [6, 6.07) is 9.73. The van der Waals surface area contributed by atoms with Crippen LogP contribution in [0.4, 0.5) is 0 Å². The fraction of sp³-hybridized carbons (Fsp3) is 0.0588. The fourth-order valence-electron chi connectivity index (χ4n) is 2.88. The maximum Gasteiger partial charge on any atom is 0.202 e. The van der Waals surface area contributed by atoms with Gasteiger partial charge in [0.25, 0.3) is 0 Å². The summed E-state index contributed by atoms with van der Waals surface area (Å²) >= 11 is 0. The van der Waals surface area contributed by atoms with Gasteiger partial charge in [0.1, 0.15) is 17.1 Å². The van der Waals surface area contributed by atoms with E-state index < -0.39 is 0 Å². The highest BCUT2D eigenvalue weighted by atomic mass is 16.3. The second-order valence-electron chi connectivity index (χ2n) is 5.12. The van der Waals surface area contributed by atoms with Crippen LogP contribution in [0, 0.1) is 6.92 Å². The monoisotopic (exact) mass is 278 g/mol. The highest BCUT2D eigenvalue weighted by Crippen LogP contribution is 2.36. The third kappa shape index (κ3) is 1.44. The van der Waals surface area contributed by atoms with Crippen molar-refractivity contribution in [1.82, 2.24) is 0 Å². The summed E-state index contributed by atoms with van der Waals surface area (Å²) in [5, 5.41) is 10.7. The topological polar surface area (TPSA) is 67.5 Å². The number of benzene rings is 2. The Hall–Kier alpha value is -2.88. The van der Waals surface area contributed by atoms with E-state index >= 15 is 0 Å². The minimum absolute atomic E-state index is 0.0524. The van der Waals surface area contributed by atoms with Crippen LogP contribution in [0.25, 0.3) is 11.0 Å². The molecule has 1 aromatic heterocycles. The molecule has 102 valence electrons. The molecule has 3 aromatic rings. The molecule has 0 bridgehead atoms. The number of carbonyl (C=O) groups excluding carboxylic acids is 2. The van der Waals surface area contributed by atoms with Gasteiger partial charge in [-0.05, 0) is 25.1 Å². The lowest BCUT2D eigenvalue weighted by Gasteiger charge is -2.18. The van der Waals surface area contributed by atoms with Crippen LogP contribution in [0.1, 0.15) is 37.6 Å². The maximum absolute atomic E-state index is 12.7. The lowest BCUT2D eigenvalue weighted by molar-refractivity contribution is 0.0977. The minimum atomic E-state index is -0.377. The average Bonchev–Trinajstić information content (AvgIpc) is 2.83. The van der Waals surface area contributed by atoms with Crippen molar-refractivity contribution in [1.29, 1.82) is 0 Å². The summed E-state index contributed by atoms with van der Waals surface area (Å²) in [6.45, 7) is 1.78. The van der Waals surface area contributed by atoms with Gasteiger partial charge in [-0.25, -0.2) is 0 Å². The molecular weight excluding hydrogens is 268 g/mol. The van der Waals surface area contributed by atoms with Gasteiger partial charge in [0.05, 0.1) is 11.1 Å². The molecule has 0 unspecified atom stereocenters. The zero-order chi connectivity index (χ0) is 14.7. The SMILES string of the molecule is Cc1cc2ccc3c(c2o1)C(=O)c1c(O)cccc1C3=O. The van der Waals surface area contributed by atoms with Crippen LogP contribution in [0.15, 0.2) is 40.8 Å². The van der Waals surface area contributed by atoms with E-state index in [1.165, 1.54) is 6.07 Å². The lowest BCUT2D eigenvalue weighted by atomic mass is 9.83. The van der Waals surface area contributed by atoms with E-state index in [4.69, 9.17) is 4.42 Å². The van der Waals surface area contributed by atoms with Gasteiger partial charge in [-0.15, -0.1) is 0 Å². The molecule has 0 atom stereocenters. The van der Waals surface area contributed by atoms with Crippen LogP contribution >= 0.6 is 0 Å². The maximum atomic E-state index is 12.7. The molecule has 0 saturated heterocycles. The quantitative estimate of drug-likeness (QED) is 0.536. The highest BCUT2D eigenvalue weighted by molar-refractivity contribution is 6.32. The van der Waals surface area contributed by atoms with Crippen LogP contribution in [0.2, 0.25) is 0 Å². The van der Waals surface area contributed by atoms with Gasteiger partial charge >= 0.3 is 0 Å². The first-order valence-electron chi connectivity index (χ1n) is 6.52. The molecule has 0 radical (unpaired) electrons. The molecule has 4 nitrogen and oxygen atoms in total. The zero-order valence-electron chi connectivity index (χ0n) is 11.1. The first-order chi connectivity index (χ1) is 10.1. The van der Waals surface area contributed by atoms with Gasteiger partial charge in [0.15, 0.2) is 5.78 Å². The van der Waals surface area contributed by atoms with Crippen molar-refractivity contribution < 1.29 is 19.1 Å². The lowest BCUT2D eigenvalue weighted by Crippen LogP contribution is -2.21. The van der Waals surface area contributed by atoms with E-state index in [1.54, 1.807) is 31.2 Å². The van der Waals surface area contributed by atoms with Gasteiger partial charge < -0.3 is 9.52 Å². The van der Waals surface area contributed by atoms with Crippen LogP contribution in [-0.4, -0.2) is 16.7 Å². The van der Waals surface area contributed by atoms with Gasteiger partial charge in [0.2, 0.25) is 5.78 Å². The largest absolute Gasteiger partial charge is 0.507 e. The Kier molecular flexibility index (Phi) is 2.17. The number of hydrogen-bond acceptors (Lipinski definition) is 4. The van der Waals surface area contributed by atoms with Crippen molar-refractivity contribution in [3.63, 3.8) is 0 Å². The fourth-order valence-corrected chi connectivity index (χ4v) is 2.88. The standard InChI is InChI=1S/C17H10O4/c1-8-7-9-5-6-11-14(17(9)21-8)16(20)13-10(15(11)19)3-2-4-12(13)18/h2-7,18H,1H3. The summed E-state index contributed by atoms with van der Waals surface area (Å²) in [5.41, 5.74) is 1.24. The van der Waals surface area contributed by atoms with Gasteiger partial charge in [-0.2, -0.15) is 0 Å².